The lowest BCUT2D eigenvalue weighted by Gasteiger charge is -2.43. The highest BCUT2D eigenvalue weighted by atomic mass is 32.2. The number of thioether (sulfide) groups is 1. The van der Waals surface area contributed by atoms with Crippen molar-refractivity contribution < 1.29 is 33.4 Å². The van der Waals surface area contributed by atoms with Crippen LogP contribution in [0.3, 0.4) is 0 Å². The first-order chi connectivity index (χ1) is 16.3. The van der Waals surface area contributed by atoms with Gasteiger partial charge in [0.25, 0.3) is 0 Å². The predicted molar refractivity (Wildman–Crippen MR) is 127 cm³/mol. The van der Waals surface area contributed by atoms with Gasteiger partial charge in [0.05, 0.1) is 40.2 Å². The van der Waals surface area contributed by atoms with E-state index in [9.17, 15) is 19.2 Å². The van der Waals surface area contributed by atoms with Crippen molar-refractivity contribution in [1.82, 2.24) is 9.80 Å². The van der Waals surface area contributed by atoms with E-state index in [0.717, 1.165) is 17.3 Å². The Hall–Kier alpha value is -2.50. The summed E-state index contributed by atoms with van der Waals surface area (Å²) in [6.45, 7) is 0.576. The number of benzene rings is 1. The van der Waals surface area contributed by atoms with E-state index in [-0.39, 0.29) is 10.9 Å². The molecule has 11 heteroatoms. The number of thiocarbonyl (C=S) groups is 1. The van der Waals surface area contributed by atoms with E-state index >= 15 is 0 Å². The Morgan fingerprint density at radius 2 is 1.82 bits per heavy atom. The molecule has 34 heavy (non-hydrogen) atoms. The molecule has 1 amide bonds. The number of esters is 3. The normalized spacial score (nSPS) is 30.5. The number of rotatable bonds is 6. The summed E-state index contributed by atoms with van der Waals surface area (Å²) in [5.74, 6) is -3.63. The molecule has 4 unspecified atom stereocenters. The zero-order chi connectivity index (χ0) is 24.7. The highest BCUT2D eigenvalue weighted by Gasteiger charge is 2.81. The van der Waals surface area contributed by atoms with Crippen LogP contribution in [0.2, 0.25) is 0 Å². The topological polar surface area (TPSA) is 102 Å². The molecule has 0 N–H and O–H groups in total. The lowest BCUT2D eigenvalue weighted by molar-refractivity contribution is -0.165. The fourth-order valence-electron chi connectivity index (χ4n) is 5.71. The molecule has 182 valence electrons. The Labute approximate surface area is 207 Å². The molecule has 3 fully saturated rings. The molecule has 1 aromatic carbocycles. The largest absolute Gasteiger partial charge is 0.469 e. The molecule has 9 nitrogen and oxygen atoms in total. The third-order valence-corrected chi connectivity index (χ3v) is 9.00. The minimum Gasteiger partial charge on any atom is -0.469 e. The summed E-state index contributed by atoms with van der Waals surface area (Å²) in [4.78, 5) is 57.1. The number of fused-ring (bicyclic) bond motifs is 1. The van der Waals surface area contributed by atoms with Crippen molar-refractivity contribution in [3.63, 3.8) is 0 Å². The molecule has 3 aliphatic heterocycles. The molecule has 0 saturated carbocycles. The first-order valence-electron chi connectivity index (χ1n) is 10.9. The van der Waals surface area contributed by atoms with Crippen LogP contribution in [0.4, 0.5) is 0 Å². The summed E-state index contributed by atoms with van der Waals surface area (Å²) in [6.07, 6.45) is 0.784. The van der Waals surface area contributed by atoms with Gasteiger partial charge in [0.1, 0.15) is 9.07 Å². The third kappa shape index (κ3) is 3.36. The second-order valence-corrected chi connectivity index (χ2v) is 10.4. The summed E-state index contributed by atoms with van der Waals surface area (Å²) in [7, 11) is 3.66. The van der Waals surface area contributed by atoms with Crippen molar-refractivity contribution in [2.75, 3.05) is 27.9 Å². The number of nitrogens with zero attached hydrogens (tertiary/aromatic N) is 2. The summed E-state index contributed by atoms with van der Waals surface area (Å²) in [6, 6.07) is 8.78. The Bertz CT molecular complexity index is 1040. The summed E-state index contributed by atoms with van der Waals surface area (Å²) >= 11 is 6.61. The van der Waals surface area contributed by atoms with Crippen molar-refractivity contribution in [3.05, 3.63) is 35.9 Å². The highest BCUT2D eigenvalue weighted by Crippen LogP contribution is 2.63. The molecule has 4 atom stereocenters. The van der Waals surface area contributed by atoms with E-state index < -0.39 is 52.5 Å². The Kier molecular flexibility index (Phi) is 6.71. The number of hydrogen-bond acceptors (Lipinski definition) is 10. The summed E-state index contributed by atoms with van der Waals surface area (Å²) < 4.78 is 13.8. The first-order valence-corrected chi connectivity index (χ1v) is 12.1. The fourth-order valence-corrected chi connectivity index (χ4v) is 7.80. The number of hydrogen-bond donors (Lipinski definition) is 0. The van der Waals surface area contributed by atoms with Crippen LogP contribution in [-0.2, 0) is 39.9 Å². The Balaban J connectivity index is 1.93. The van der Waals surface area contributed by atoms with Crippen LogP contribution in [0.1, 0.15) is 24.8 Å². The van der Waals surface area contributed by atoms with E-state index in [0.29, 0.717) is 19.4 Å². The molecule has 1 aromatic rings. The predicted octanol–water partition coefficient (Wildman–Crippen LogP) is 1.53. The van der Waals surface area contributed by atoms with Gasteiger partial charge in [-0.25, -0.2) is 4.79 Å². The lowest BCUT2D eigenvalue weighted by Crippen LogP contribution is -2.67. The molecule has 1 spiro atoms. The molecular weight excluding hydrogens is 480 g/mol. The van der Waals surface area contributed by atoms with Crippen molar-refractivity contribution in [3.8, 4) is 0 Å². The van der Waals surface area contributed by atoms with Gasteiger partial charge in [-0.2, -0.15) is 0 Å². The lowest BCUT2D eigenvalue weighted by atomic mass is 9.73. The van der Waals surface area contributed by atoms with Gasteiger partial charge < -0.3 is 14.2 Å². The zero-order valence-corrected chi connectivity index (χ0v) is 20.8. The van der Waals surface area contributed by atoms with E-state index in [1.807, 2.05) is 30.3 Å². The smallest absolute Gasteiger partial charge is 0.328 e. The van der Waals surface area contributed by atoms with E-state index in [2.05, 4.69) is 0 Å². The van der Waals surface area contributed by atoms with Gasteiger partial charge in [0.2, 0.25) is 5.91 Å². The second-order valence-electron chi connectivity index (χ2n) is 8.49. The monoisotopic (exact) mass is 506 g/mol. The molecule has 3 aliphatic rings. The quantitative estimate of drug-likeness (QED) is 0.321. The minimum atomic E-state index is -1.79. The molecule has 0 radical (unpaired) electrons. The number of ether oxygens (including phenoxy) is 3. The van der Waals surface area contributed by atoms with Crippen molar-refractivity contribution in [2.24, 2.45) is 5.92 Å². The van der Waals surface area contributed by atoms with Gasteiger partial charge in [0, 0.05) is 6.04 Å². The molecule has 0 bridgehead atoms. The maximum atomic E-state index is 14.3. The number of carbonyl (C=O) groups is 4. The molecular formula is C23H26N2O7S2. The van der Waals surface area contributed by atoms with Crippen LogP contribution in [0, 0.1) is 5.92 Å². The number of amides is 1. The SMILES string of the molecule is COC(=O)CC1(C(=O)OC)N2CCCC2C(C(=O)OC)C12SC(=S)N(Cc1ccccc1)C2=O. The summed E-state index contributed by atoms with van der Waals surface area (Å²) in [5, 5.41) is 0. The van der Waals surface area contributed by atoms with E-state index in [1.165, 1.54) is 26.2 Å². The van der Waals surface area contributed by atoms with Gasteiger partial charge in [-0.15, -0.1) is 0 Å². The maximum Gasteiger partial charge on any atom is 0.328 e. The van der Waals surface area contributed by atoms with E-state index in [4.69, 9.17) is 26.4 Å². The maximum absolute atomic E-state index is 14.3. The standard InChI is InChI=1S/C23H26N2O7S2/c1-30-16(26)12-22(20(29)32-3)23(17(18(27)31-2)15-10-7-11-25(15)22)19(28)24(21(33)34-23)13-14-8-5-4-6-9-14/h4-6,8-9,15,17H,7,10-13H2,1-3H3. The average molecular weight is 507 g/mol. The van der Waals surface area contributed by atoms with Crippen molar-refractivity contribution in [2.45, 2.75) is 42.1 Å². The van der Waals surface area contributed by atoms with Crippen molar-refractivity contribution >= 4 is 52.1 Å². The Morgan fingerprint density at radius 1 is 1.12 bits per heavy atom. The van der Waals surface area contributed by atoms with Crippen LogP contribution in [0.5, 0.6) is 0 Å². The fraction of sp³-hybridized carbons (Fsp3) is 0.522. The van der Waals surface area contributed by atoms with Crippen LogP contribution in [-0.4, -0.2) is 82.1 Å². The highest BCUT2D eigenvalue weighted by molar-refractivity contribution is 8.25. The van der Waals surface area contributed by atoms with E-state index in [1.54, 1.807) is 4.90 Å². The third-order valence-electron chi connectivity index (χ3n) is 7.05. The van der Waals surface area contributed by atoms with Gasteiger partial charge in [-0.1, -0.05) is 54.3 Å². The molecule has 4 rings (SSSR count). The van der Waals surface area contributed by atoms with Crippen molar-refractivity contribution in [1.29, 1.82) is 0 Å². The molecule has 3 heterocycles. The summed E-state index contributed by atoms with van der Waals surface area (Å²) in [5.41, 5.74) is -0.952. The van der Waals surface area contributed by atoms with Crippen LogP contribution in [0.25, 0.3) is 0 Å². The molecule has 0 aromatic heterocycles. The first kappa shape index (κ1) is 24.6. The average Bonchev–Trinajstić information content (AvgIpc) is 3.48. The minimum absolute atomic E-state index is 0.168. The van der Waals surface area contributed by atoms with Gasteiger partial charge in [-0.3, -0.25) is 24.2 Å². The van der Waals surface area contributed by atoms with Gasteiger partial charge >= 0.3 is 17.9 Å². The van der Waals surface area contributed by atoms with Crippen LogP contribution in [0.15, 0.2) is 30.3 Å². The zero-order valence-electron chi connectivity index (χ0n) is 19.1. The number of carbonyl (C=O) groups excluding carboxylic acids is 4. The van der Waals surface area contributed by atoms with Crippen LogP contribution < -0.4 is 0 Å². The Morgan fingerprint density at radius 3 is 2.44 bits per heavy atom. The van der Waals surface area contributed by atoms with Crippen LogP contribution >= 0.6 is 24.0 Å². The second kappa shape index (κ2) is 9.27. The molecule has 3 saturated heterocycles. The van der Waals surface area contributed by atoms with Gasteiger partial charge in [0.15, 0.2) is 5.54 Å². The molecule has 0 aliphatic carbocycles. The number of methoxy groups -OCH3 is 3. The van der Waals surface area contributed by atoms with Gasteiger partial charge in [-0.05, 0) is 24.9 Å².